The largest absolute Gasteiger partial charge is 0.534 e. The van der Waals surface area contributed by atoms with Crippen LogP contribution in [0.3, 0.4) is 0 Å². The predicted molar refractivity (Wildman–Crippen MR) is 42.0 cm³/mol. The topological polar surface area (TPSA) is 43.4 Å². The van der Waals surface area contributed by atoms with Gasteiger partial charge in [-0.25, -0.2) is 4.39 Å². The smallest absolute Gasteiger partial charge is 0.376 e. The van der Waals surface area contributed by atoms with Crippen molar-refractivity contribution in [1.82, 2.24) is 0 Å². The van der Waals surface area contributed by atoms with Crippen LogP contribution in [0.4, 0.5) is 17.6 Å². The third-order valence-corrected chi connectivity index (χ3v) is 2.26. The Labute approximate surface area is 82.4 Å². The zero-order valence-electron chi connectivity index (χ0n) is 6.95. The number of rotatable bonds is 2. The van der Waals surface area contributed by atoms with E-state index in [1.165, 1.54) is 0 Å². The second-order valence-corrected chi connectivity index (χ2v) is 3.98. The molecule has 0 aliphatic heterocycles. The summed E-state index contributed by atoms with van der Waals surface area (Å²) in [5, 5.41) is 0. The Hall–Kier alpha value is -1.31. The molecular formula is C7H4F4O3S. The van der Waals surface area contributed by atoms with Gasteiger partial charge in [0.1, 0.15) is 11.6 Å². The molecule has 0 saturated carbocycles. The van der Waals surface area contributed by atoms with Crippen molar-refractivity contribution >= 4 is 10.1 Å². The predicted octanol–water partition coefficient (Wildman–Crippen LogP) is 2.05. The van der Waals surface area contributed by atoms with E-state index in [-0.39, 0.29) is 0 Å². The third kappa shape index (κ3) is 2.82. The summed E-state index contributed by atoms with van der Waals surface area (Å²) in [6, 6.07) is 3.39. The SMILES string of the molecule is O=S(=O)(Oc1cccc(F)c1)C(F)(F)F. The molecule has 0 bridgehead atoms. The van der Waals surface area contributed by atoms with Crippen LogP contribution in [-0.4, -0.2) is 13.9 Å². The molecule has 0 radical (unpaired) electrons. The Balaban J connectivity index is 2.98. The average molecular weight is 244 g/mol. The first-order chi connectivity index (χ1) is 6.72. The summed E-state index contributed by atoms with van der Waals surface area (Å²) in [5.41, 5.74) is -5.53. The van der Waals surface area contributed by atoms with E-state index in [9.17, 15) is 26.0 Å². The minimum atomic E-state index is -5.73. The Morgan fingerprint density at radius 1 is 1.20 bits per heavy atom. The summed E-state index contributed by atoms with van der Waals surface area (Å²) in [7, 11) is -5.73. The molecule has 0 spiro atoms. The highest BCUT2D eigenvalue weighted by atomic mass is 32.2. The molecule has 1 rings (SSSR count). The van der Waals surface area contributed by atoms with E-state index in [0.717, 1.165) is 18.2 Å². The molecule has 15 heavy (non-hydrogen) atoms. The zero-order valence-corrected chi connectivity index (χ0v) is 7.77. The Morgan fingerprint density at radius 3 is 2.27 bits per heavy atom. The third-order valence-electron chi connectivity index (χ3n) is 1.29. The van der Waals surface area contributed by atoms with Crippen LogP contribution < -0.4 is 4.18 Å². The molecule has 0 heterocycles. The van der Waals surface area contributed by atoms with Gasteiger partial charge in [0.15, 0.2) is 0 Å². The van der Waals surface area contributed by atoms with Gasteiger partial charge in [0, 0.05) is 6.07 Å². The molecule has 0 unspecified atom stereocenters. The summed E-state index contributed by atoms with van der Waals surface area (Å²) in [6.07, 6.45) is 0. The first-order valence-electron chi connectivity index (χ1n) is 3.49. The first kappa shape index (κ1) is 11.8. The van der Waals surface area contributed by atoms with Crippen molar-refractivity contribution < 1.29 is 30.2 Å². The summed E-state index contributed by atoms with van der Waals surface area (Å²) in [4.78, 5) is 0. The number of hydrogen-bond donors (Lipinski definition) is 0. The fourth-order valence-electron chi connectivity index (χ4n) is 0.693. The van der Waals surface area contributed by atoms with Gasteiger partial charge >= 0.3 is 15.6 Å². The molecule has 0 aliphatic rings. The van der Waals surface area contributed by atoms with E-state index in [2.05, 4.69) is 4.18 Å². The quantitative estimate of drug-likeness (QED) is 0.454. The molecule has 1 aromatic rings. The second-order valence-electron chi connectivity index (χ2n) is 2.44. The number of halogens is 4. The van der Waals surface area contributed by atoms with Crippen LogP contribution in [0.15, 0.2) is 24.3 Å². The van der Waals surface area contributed by atoms with E-state index in [0.29, 0.717) is 6.07 Å². The van der Waals surface area contributed by atoms with Crippen molar-refractivity contribution in [2.24, 2.45) is 0 Å². The molecule has 8 heteroatoms. The maximum absolute atomic E-state index is 12.5. The molecule has 84 valence electrons. The van der Waals surface area contributed by atoms with E-state index >= 15 is 0 Å². The van der Waals surface area contributed by atoms with Crippen LogP contribution >= 0.6 is 0 Å². The van der Waals surface area contributed by atoms with Gasteiger partial charge < -0.3 is 4.18 Å². The monoisotopic (exact) mass is 244 g/mol. The minimum Gasteiger partial charge on any atom is -0.376 e. The lowest BCUT2D eigenvalue weighted by atomic mass is 10.3. The molecular weight excluding hydrogens is 240 g/mol. The van der Waals surface area contributed by atoms with Crippen molar-refractivity contribution in [2.45, 2.75) is 5.51 Å². The van der Waals surface area contributed by atoms with Crippen LogP contribution in [0.5, 0.6) is 5.75 Å². The van der Waals surface area contributed by atoms with Crippen LogP contribution in [0, 0.1) is 5.82 Å². The number of benzene rings is 1. The minimum absolute atomic E-state index is 0.531. The van der Waals surface area contributed by atoms with E-state index in [4.69, 9.17) is 0 Å². The highest BCUT2D eigenvalue weighted by Crippen LogP contribution is 2.26. The fraction of sp³-hybridized carbons (Fsp3) is 0.143. The van der Waals surface area contributed by atoms with Gasteiger partial charge in [0.25, 0.3) is 0 Å². The summed E-state index contributed by atoms with van der Waals surface area (Å²) in [5.74, 6) is -1.63. The normalized spacial score (nSPS) is 12.5. The molecule has 0 saturated heterocycles. The fourth-order valence-corrected chi connectivity index (χ4v) is 1.14. The maximum Gasteiger partial charge on any atom is 0.534 e. The summed E-state index contributed by atoms with van der Waals surface area (Å²) in [6.45, 7) is 0. The lowest BCUT2D eigenvalue weighted by molar-refractivity contribution is -0.0500. The maximum atomic E-state index is 12.5. The van der Waals surface area contributed by atoms with Crippen molar-refractivity contribution in [3.63, 3.8) is 0 Å². The van der Waals surface area contributed by atoms with Gasteiger partial charge in [-0.05, 0) is 12.1 Å². The molecule has 0 amide bonds. The van der Waals surface area contributed by atoms with Crippen LogP contribution in [0.25, 0.3) is 0 Å². The van der Waals surface area contributed by atoms with Gasteiger partial charge in [0.2, 0.25) is 0 Å². The highest BCUT2D eigenvalue weighted by molar-refractivity contribution is 7.87. The molecule has 3 nitrogen and oxygen atoms in total. The van der Waals surface area contributed by atoms with Crippen LogP contribution in [0.1, 0.15) is 0 Å². The van der Waals surface area contributed by atoms with Crippen molar-refractivity contribution in [2.75, 3.05) is 0 Å². The first-order valence-corrected chi connectivity index (χ1v) is 4.89. The second kappa shape index (κ2) is 3.69. The van der Waals surface area contributed by atoms with E-state index in [1.807, 2.05) is 0 Å². The van der Waals surface area contributed by atoms with Crippen LogP contribution in [-0.2, 0) is 10.1 Å². The molecule has 0 atom stereocenters. The van der Waals surface area contributed by atoms with Crippen molar-refractivity contribution in [3.05, 3.63) is 30.1 Å². The number of hydrogen-bond acceptors (Lipinski definition) is 3. The number of alkyl halides is 3. The lowest BCUT2D eigenvalue weighted by Crippen LogP contribution is -2.28. The van der Waals surface area contributed by atoms with E-state index < -0.39 is 27.2 Å². The molecule has 0 N–H and O–H groups in total. The van der Waals surface area contributed by atoms with Gasteiger partial charge in [-0.3, -0.25) is 0 Å². The van der Waals surface area contributed by atoms with E-state index in [1.54, 1.807) is 0 Å². The standard InChI is InChI=1S/C7H4F4O3S/c8-5-2-1-3-6(4-5)14-15(12,13)7(9,10)11/h1-4H. The molecule has 0 fully saturated rings. The van der Waals surface area contributed by atoms with Crippen molar-refractivity contribution in [1.29, 1.82) is 0 Å². The van der Waals surface area contributed by atoms with Gasteiger partial charge in [-0.15, -0.1) is 0 Å². The Kier molecular flexibility index (Phi) is 2.89. The molecule has 0 aromatic heterocycles. The summed E-state index contributed by atoms with van der Waals surface area (Å²) < 4.78 is 72.5. The summed E-state index contributed by atoms with van der Waals surface area (Å²) >= 11 is 0. The van der Waals surface area contributed by atoms with Gasteiger partial charge in [0.05, 0.1) is 0 Å². The van der Waals surface area contributed by atoms with Crippen LogP contribution in [0.2, 0.25) is 0 Å². The zero-order chi connectivity index (χ0) is 11.7. The lowest BCUT2D eigenvalue weighted by Gasteiger charge is -2.08. The Morgan fingerprint density at radius 2 is 1.80 bits per heavy atom. The highest BCUT2D eigenvalue weighted by Gasteiger charge is 2.48. The van der Waals surface area contributed by atoms with Crippen molar-refractivity contribution in [3.8, 4) is 5.75 Å². The van der Waals surface area contributed by atoms with Gasteiger partial charge in [-0.2, -0.15) is 21.6 Å². The Bertz CT molecular complexity index is 452. The average Bonchev–Trinajstić information content (AvgIpc) is 2.00. The molecule has 1 aromatic carbocycles. The van der Waals surface area contributed by atoms with Gasteiger partial charge in [-0.1, -0.05) is 6.07 Å². The molecule has 0 aliphatic carbocycles.